The molecule has 9 heteroatoms. The van der Waals surface area contributed by atoms with Crippen molar-refractivity contribution in [3.05, 3.63) is 87.7 Å². The maximum absolute atomic E-state index is 13.2. The third kappa shape index (κ3) is 4.93. The standard InChI is InChI=1S/C28H21Cl2N3O3S/c1-35-18-8-3-15(4-9-18)20-14-23(16-5-10-19(36-2)11-6-16)33-28-24(20)25(31)26(37-28)27(34)32-17-7-12-21(29)22(30)13-17/h3-14H,31H2,1-2H3,(H,32,34). The van der Waals surface area contributed by atoms with Crippen molar-refractivity contribution in [1.29, 1.82) is 0 Å². The Morgan fingerprint density at radius 1 is 0.865 bits per heavy atom. The number of nitrogens with one attached hydrogen (secondary N) is 1. The molecule has 0 spiro atoms. The van der Waals surface area contributed by atoms with E-state index in [2.05, 4.69) is 5.32 Å². The Morgan fingerprint density at radius 3 is 2.08 bits per heavy atom. The summed E-state index contributed by atoms with van der Waals surface area (Å²) in [5.74, 6) is 1.14. The molecule has 2 heterocycles. The number of carbonyl (C=O) groups is 1. The van der Waals surface area contributed by atoms with E-state index in [1.54, 1.807) is 32.4 Å². The highest BCUT2D eigenvalue weighted by molar-refractivity contribution is 7.21. The minimum atomic E-state index is -0.356. The molecule has 0 aliphatic rings. The molecule has 6 nitrogen and oxygen atoms in total. The van der Waals surface area contributed by atoms with Crippen molar-refractivity contribution in [1.82, 2.24) is 4.98 Å². The maximum Gasteiger partial charge on any atom is 0.267 e. The number of fused-ring (bicyclic) bond motifs is 1. The number of halogens is 2. The highest BCUT2D eigenvalue weighted by atomic mass is 35.5. The number of ether oxygens (including phenoxy) is 2. The van der Waals surface area contributed by atoms with Crippen LogP contribution in [0.1, 0.15) is 9.67 Å². The van der Waals surface area contributed by atoms with Crippen molar-refractivity contribution in [2.75, 3.05) is 25.3 Å². The lowest BCUT2D eigenvalue weighted by atomic mass is 9.99. The van der Waals surface area contributed by atoms with Gasteiger partial charge in [0.1, 0.15) is 21.2 Å². The van der Waals surface area contributed by atoms with E-state index < -0.39 is 0 Å². The summed E-state index contributed by atoms with van der Waals surface area (Å²) in [6.07, 6.45) is 0. The van der Waals surface area contributed by atoms with Crippen LogP contribution in [0.2, 0.25) is 10.0 Å². The number of nitrogens with two attached hydrogens (primary N) is 1. The molecule has 2 aromatic heterocycles. The van der Waals surface area contributed by atoms with Crippen molar-refractivity contribution >= 4 is 62.0 Å². The normalized spacial score (nSPS) is 10.9. The lowest BCUT2D eigenvalue weighted by Gasteiger charge is -2.10. The van der Waals surface area contributed by atoms with Crippen molar-refractivity contribution in [2.45, 2.75) is 0 Å². The van der Waals surface area contributed by atoms with Crippen LogP contribution in [-0.2, 0) is 0 Å². The summed E-state index contributed by atoms with van der Waals surface area (Å²) in [6.45, 7) is 0. The number of amides is 1. The van der Waals surface area contributed by atoms with Crippen molar-refractivity contribution in [3.63, 3.8) is 0 Å². The van der Waals surface area contributed by atoms with Gasteiger partial charge in [-0.1, -0.05) is 35.3 Å². The number of anilines is 2. The van der Waals surface area contributed by atoms with E-state index in [1.807, 2.05) is 54.6 Å². The number of carbonyl (C=O) groups excluding carboxylic acids is 1. The summed E-state index contributed by atoms with van der Waals surface area (Å²) >= 11 is 13.4. The van der Waals surface area contributed by atoms with Gasteiger partial charge >= 0.3 is 0 Å². The number of benzene rings is 3. The monoisotopic (exact) mass is 549 g/mol. The van der Waals surface area contributed by atoms with E-state index in [-0.39, 0.29) is 5.91 Å². The lowest BCUT2D eigenvalue weighted by Crippen LogP contribution is -2.11. The number of nitrogen functional groups attached to an aromatic ring is 1. The molecule has 0 unspecified atom stereocenters. The molecule has 0 saturated heterocycles. The highest BCUT2D eigenvalue weighted by Crippen LogP contribution is 2.42. The van der Waals surface area contributed by atoms with Crippen LogP contribution >= 0.6 is 34.5 Å². The van der Waals surface area contributed by atoms with Crippen molar-refractivity contribution in [3.8, 4) is 33.9 Å². The molecule has 0 atom stereocenters. The molecule has 186 valence electrons. The number of methoxy groups -OCH3 is 2. The maximum atomic E-state index is 13.2. The van der Waals surface area contributed by atoms with E-state index in [0.717, 1.165) is 33.9 Å². The van der Waals surface area contributed by atoms with Crippen molar-refractivity contribution in [2.24, 2.45) is 0 Å². The molecule has 0 aliphatic heterocycles. The zero-order valence-corrected chi connectivity index (χ0v) is 22.2. The van der Waals surface area contributed by atoms with Gasteiger partial charge in [-0.15, -0.1) is 11.3 Å². The van der Waals surface area contributed by atoms with Gasteiger partial charge in [0.25, 0.3) is 5.91 Å². The fourth-order valence-corrected chi connectivity index (χ4v) is 5.27. The Hall–Kier alpha value is -3.78. The molecule has 0 bridgehead atoms. The summed E-state index contributed by atoms with van der Waals surface area (Å²) in [6, 6.07) is 22.2. The first-order valence-corrected chi connectivity index (χ1v) is 12.7. The molecule has 3 aromatic carbocycles. The van der Waals surface area contributed by atoms with Crippen LogP contribution in [0, 0.1) is 0 Å². The van der Waals surface area contributed by atoms with Crippen LogP contribution in [0.4, 0.5) is 11.4 Å². The number of aromatic nitrogens is 1. The van der Waals surface area contributed by atoms with Gasteiger partial charge in [0.15, 0.2) is 0 Å². The third-order valence-corrected chi connectivity index (χ3v) is 7.71. The summed E-state index contributed by atoms with van der Waals surface area (Å²) in [5, 5.41) is 4.31. The van der Waals surface area contributed by atoms with Crippen molar-refractivity contribution < 1.29 is 14.3 Å². The molecular formula is C28H21Cl2N3O3S. The molecule has 37 heavy (non-hydrogen) atoms. The van der Waals surface area contributed by atoms with Gasteiger partial charge in [-0.2, -0.15) is 0 Å². The third-order valence-electron chi connectivity index (χ3n) is 5.87. The Balaban J connectivity index is 1.64. The van der Waals surface area contributed by atoms with Crippen LogP contribution in [-0.4, -0.2) is 25.1 Å². The minimum absolute atomic E-state index is 0.344. The average Bonchev–Trinajstić information content (AvgIpc) is 3.26. The number of rotatable bonds is 6. The molecule has 5 rings (SSSR count). The number of nitrogens with zero attached hydrogens (tertiary/aromatic N) is 1. The second kappa shape index (κ2) is 10.3. The molecule has 5 aromatic rings. The zero-order chi connectivity index (χ0) is 26.1. The molecule has 0 radical (unpaired) electrons. The molecule has 0 saturated carbocycles. The van der Waals surface area contributed by atoms with Crippen LogP contribution in [0.15, 0.2) is 72.8 Å². The minimum Gasteiger partial charge on any atom is -0.497 e. The summed E-state index contributed by atoms with van der Waals surface area (Å²) < 4.78 is 10.6. The van der Waals surface area contributed by atoms with Crippen LogP contribution in [0.5, 0.6) is 11.5 Å². The largest absolute Gasteiger partial charge is 0.497 e. The quantitative estimate of drug-likeness (QED) is 0.225. The van der Waals surface area contributed by atoms with Gasteiger partial charge < -0.3 is 20.5 Å². The van der Waals surface area contributed by atoms with Crippen LogP contribution in [0.25, 0.3) is 32.6 Å². The summed E-state index contributed by atoms with van der Waals surface area (Å²) in [5.41, 5.74) is 10.9. The summed E-state index contributed by atoms with van der Waals surface area (Å²) in [7, 11) is 3.25. The molecule has 1 amide bonds. The van der Waals surface area contributed by atoms with Gasteiger partial charge in [0.2, 0.25) is 0 Å². The molecule has 0 fully saturated rings. The van der Waals surface area contributed by atoms with E-state index in [9.17, 15) is 4.79 Å². The average molecular weight is 550 g/mol. The van der Waals surface area contributed by atoms with Crippen LogP contribution < -0.4 is 20.5 Å². The van der Waals surface area contributed by atoms with Gasteiger partial charge in [-0.05, 0) is 71.8 Å². The number of hydrogen-bond acceptors (Lipinski definition) is 6. The van der Waals surface area contributed by atoms with E-state index in [4.69, 9.17) is 43.4 Å². The Labute approximate surface area is 227 Å². The Kier molecular flexibility index (Phi) is 6.93. The van der Waals surface area contributed by atoms with Gasteiger partial charge in [0, 0.05) is 16.6 Å². The van der Waals surface area contributed by atoms with E-state index in [1.165, 1.54) is 11.3 Å². The summed E-state index contributed by atoms with van der Waals surface area (Å²) in [4.78, 5) is 19.1. The topological polar surface area (TPSA) is 86.5 Å². The second-order valence-corrected chi connectivity index (χ2v) is 9.93. The van der Waals surface area contributed by atoms with Gasteiger partial charge in [-0.25, -0.2) is 4.98 Å². The van der Waals surface area contributed by atoms with Gasteiger partial charge in [-0.3, -0.25) is 4.79 Å². The second-order valence-electron chi connectivity index (χ2n) is 8.12. The molecule has 3 N–H and O–H groups in total. The predicted molar refractivity (Wildman–Crippen MR) is 152 cm³/mol. The van der Waals surface area contributed by atoms with E-state index in [0.29, 0.717) is 36.5 Å². The first-order valence-electron chi connectivity index (χ1n) is 11.2. The molecule has 0 aliphatic carbocycles. The predicted octanol–water partition coefficient (Wildman–Crippen LogP) is 7.79. The van der Waals surface area contributed by atoms with E-state index >= 15 is 0 Å². The fraction of sp³-hybridized carbons (Fsp3) is 0.0714. The van der Waals surface area contributed by atoms with Crippen LogP contribution in [0.3, 0.4) is 0 Å². The Morgan fingerprint density at radius 2 is 1.49 bits per heavy atom. The lowest BCUT2D eigenvalue weighted by molar-refractivity contribution is 0.103. The number of pyridine rings is 1. The highest BCUT2D eigenvalue weighted by Gasteiger charge is 2.22. The first kappa shape index (κ1) is 24.9. The Bertz CT molecular complexity index is 1620. The zero-order valence-electron chi connectivity index (χ0n) is 19.8. The SMILES string of the molecule is COc1ccc(-c2cc(-c3ccc(OC)cc3)c3c(N)c(C(=O)Nc4ccc(Cl)c(Cl)c4)sc3n2)cc1. The fourth-order valence-electron chi connectivity index (χ4n) is 3.96. The first-order chi connectivity index (χ1) is 17.9. The number of thiophene rings is 1. The van der Waals surface area contributed by atoms with Gasteiger partial charge in [0.05, 0.1) is 35.6 Å². The smallest absolute Gasteiger partial charge is 0.267 e. The number of hydrogen-bond donors (Lipinski definition) is 2. The molecular weight excluding hydrogens is 529 g/mol.